The quantitative estimate of drug-likeness (QED) is 0.638. The van der Waals surface area contributed by atoms with Gasteiger partial charge in [0.05, 0.1) is 4.92 Å². The summed E-state index contributed by atoms with van der Waals surface area (Å²) in [5.74, 6) is 0. The van der Waals surface area contributed by atoms with E-state index in [-0.39, 0.29) is 22.3 Å². The molecule has 0 saturated carbocycles. The van der Waals surface area contributed by atoms with Crippen molar-refractivity contribution >= 4 is 5.69 Å². The van der Waals surface area contributed by atoms with Crippen LogP contribution in [0.25, 0.3) is 0 Å². The second-order valence-electron chi connectivity index (χ2n) is 5.25. The Morgan fingerprint density at radius 3 is 2.94 bits per heavy atom. The largest absolute Gasteiger partial charge is 0.366 e. The predicted molar refractivity (Wildman–Crippen MR) is 66.4 cm³/mol. The second-order valence-corrected chi connectivity index (χ2v) is 5.25. The van der Waals surface area contributed by atoms with Crippen molar-refractivity contribution in [1.82, 2.24) is 5.32 Å². The third kappa shape index (κ3) is 1.62. The van der Waals surface area contributed by atoms with Crippen LogP contribution in [0.3, 0.4) is 0 Å². The van der Waals surface area contributed by atoms with E-state index in [1.54, 1.807) is 19.2 Å². The summed E-state index contributed by atoms with van der Waals surface area (Å²) in [6, 6.07) is 5.21. The van der Waals surface area contributed by atoms with Crippen molar-refractivity contribution in [3.05, 3.63) is 39.4 Å². The summed E-state index contributed by atoms with van der Waals surface area (Å²) < 4.78 is 5.51. The van der Waals surface area contributed by atoms with Gasteiger partial charge in [-0.25, -0.2) is 0 Å². The molecule has 1 aliphatic carbocycles. The molecule has 0 aromatic heterocycles. The molecule has 5 nitrogen and oxygen atoms in total. The minimum Gasteiger partial charge on any atom is -0.366 e. The molecule has 1 fully saturated rings. The first-order valence-corrected chi connectivity index (χ1v) is 6.17. The van der Waals surface area contributed by atoms with Gasteiger partial charge >= 0.3 is 0 Å². The molecular formula is C13H16N2O3. The van der Waals surface area contributed by atoms with Gasteiger partial charge in [-0.3, -0.25) is 15.4 Å². The van der Waals surface area contributed by atoms with E-state index in [9.17, 15) is 10.1 Å². The maximum absolute atomic E-state index is 10.8. The molecule has 1 aliphatic heterocycles. The molecule has 5 heteroatoms. The van der Waals surface area contributed by atoms with Crippen molar-refractivity contribution < 1.29 is 9.66 Å². The fraction of sp³-hybridized carbons (Fsp3) is 0.538. The number of methoxy groups -OCH3 is 1. The van der Waals surface area contributed by atoms with Crippen molar-refractivity contribution in [2.45, 2.75) is 25.5 Å². The second kappa shape index (κ2) is 4.03. The van der Waals surface area contributed by atoms with Gasteiger partial charge in [0.15, 0.2) is 0 Å². The Balaban J connectivity index is 1.93. The number of hydrogen-bond donors (Lipinski definition) is 1. The Bertz CT molecular complexity index is 503. The fourth-order valence-electron chi connectivity index (χ4n) is 3.38. The monoisotopic (exact) mass is 248 g/mol. The fourth-order valence-corrected chi connectivity index (χ4v) is 3.38. The molecule has 18 heavy (non-hydrogen) atoms. The molecule has 96 valence electrons. The van der Waals surface area contributed by atoms with Gasteiger partial charge in [0.25, 0.3) is 5.69 Å². The number of rotatable bonds is 2. The van der Waals surface area contributed by atoms with Gasteiger partial charge < -0.3 is 4.74 Å². The van der Waals surface area contributed by atoms with Crippen molar-refractivity contribution in [3.63, 3.8) is 0 Å². The van der Waals surface area contributed by atoms with Crippen LogP contribution in [-0.4, -0.2) is 24.8 Å². The number of non-ortho nitro benzene ring substituents is 1. The number of fused-ring (bicyclic) bond motifs is 1. The summed E-state index contributed by atoms with van der Waals surface area (Å²) in [7, 11) is 1.72. The highest BCUT2D eigenvalue weighted by atomic mass is 16.6. The molecule has 1 spiro atoms. The van der Waals surface area contributed by atoms with Crippen molar-refractivity contribution in [3.8, 4) is 0 Å². The number of nitro groups is 1. The Morgan fingerprint density at radius 2 is 2.22 bits per heavy atom. The lowest BCUT2D eigenvalue weighted by atomic mass is 9.82. The first-order valence-electron chi connectivity index (χ1n) is 6.17. The van der Waals surface area contributed by atoms with Gasteiger partial charge in [0, 0.05) is 24.7 Å². The molecule has 2 aliphatic rings. The number of nitrogens with zero attached hydrogens (tertiary/aromatic N) is 1. The highest BCUT2D eigenvalue weighted by Gasteiger charge is 2.47. The van der Waals surface area contributed by atoms with Crippen molar-refractivity contribution in [1.29, 1.82) is 0 Å². The van der Waals surface area contributed by atoms with Crippen LogP contribution in [0.15, 0.2) is 18.2 Å². The summed E-state index contributed by atoms with van der Waals surface area (Å²) in [6.07, 6.45) is 2.94. The van der Waals surface area contributed by atoms with Crippen molar-refractivity contribution in [2.75, 3.05) is 13.7 Å². The van der Waals surface area contributed by atoms with Crippen LogP contribution in [0, 0.1) is 15.5 Å². The molecule has 1 N–H and O–H groups in total. The standard InChI is InChI=1S/C13H16N2O3/c1-18-12-13(4-5-14-12)7-9-2-3-11(15(16)17)6-10(9)8-13/h2-3,6,12,14H,4-5,7-8H2,1H3. The lowest BCUT2D eigenvalue weighted by Gasteiger charge is -2.29. The van der Waals surface area contributed by atoms with Gasteiger partial charge in [-0.15, -0.1) is 0 Å². The molecule has 1 aromatic carbocycles. The number of hydrogen-bond acceptors (Lipinski definition) is 4. The maximum atomic E-state index is 10.8. The predicted octanol–water partition coefficient (Wildman–Crippen LogP) is 1.65. The lowest BCUT2D eigenvalue weighted by molar-refractivity contribution is -0.384. The third-order valence-corrected chi connectivity index (χ3v) is 4.23. The van der Waals surface area contributed by atoms with Crippen molar-refractivity contribution in [2.24, 2.45) is 5.41 Å². The Hall–Kier alpha value is -1.46. The lowest BCUT2D eigenvalue weighted by Crippen LogP contribution is -2.38. The molecule has 0 amide bonds. The highest BCUT2D eigenvalue weighted by molar-refractivity contribution is 5.44. The first kappa shape index (κ1) is 11.6. The zero-order valence-electron chi connectivity index (χ0n) is 10.3. The molecule has 0 radical (unpaired) electrons. The van der Waals surface area contributed by atoms with E-state index < -0.39 is 0 Å². The Morgan fingerprint density at radius 1 is 1.44 bits per heavy atom. The first-order chi connectivity index (χ1) is 8.64. The Labute approximate surface area is 105 Å². The van der Waals surface area contributed by atoms with E-state index in [4.69, 9.17) is 4.74 Å². The van der Waals surface area contributed by atoms with E-state index in [2.05, 4.69) is 5.32 Å². The molecule has 1 aromatic rings. The van der Waals surface area contributed by atoms with Crippen LogP contribution in [0.1, 0.15) is 17.5 Å². The van der Waals surface area contributed by atoms with Gasteiger partial charge in [-0.1, -0.05) is 6.07 Å². The van der Waals surface area contributed by atoms with E-state index in [1.165, 1.54) is 5.56 Å². The average Bonchev–Trinajstić information content (AvgIpc) is 2.91. The zero-order valence-corrected chi connectivity index (χ0v) is 10.3. The summed E-state index contributed by atoms with van der Waals surface area (Å²) in [5, 5.41) is 14.2. The summed E-state index contributed by atoms with van der Waals surface area (Å²) in [5.41, 5.74) is 2.61. The van der Waals surface area contributed by atoms with Crippen LogP contribution >= 0.6 is 0 Å². The third-order valence-electron chi connectivity index (χ3n) is 4.23. The average molecular weight is 248 g/mol. The van der Waals surface area contributed by atoms with E-state index in [0.717, 1.165) is 31.4 Å². The van der Waals surface area contributed by atoms with Gasteiger partial charge in [-0.05, 0) is 36.9 Å². The van der Waals surface area contributed by atoms with Gasteiger partial charge in [0.1, 0.15) is 6.23 Å². The maximum Gasteiger partial charge on any atom is 0.269 e. The minimum atomic E-state index is -0.327. The number of nitrogens with one attached hydrogen (secondary N) is 1. The van der Waals surface area contributed by atoms with Crippen LogP contribution in [-0.2, 0) is 17.6 Å². The molecule has 1 saturated heterocycles. The summed E-state index contributed by atoms with van der Waals surface area (Å²) in [6.45, 7) is 0.953. The molecule has 2 unspecified atom stereocenters. The number of ether oxygens (including phenoxy) is 1. The normalized spacial score (nSPS) is 29.7. The number of nitro benzene ring substituents is 1. The molecule has 2 atom stereocenters. The smallest absolute Gasteiger partial charge is 0.269 e. The highest BCUT2D eigenvalue weighted by Crippen LogP contribution is 2.45. The molecule has 1 heterocycles. The topological polar surface area (TPSA) is 64.4 Å². The molecule has 0 bridgehead atoms. The number of benzene rings is 1. The zero-order chi connectivity index (χ0) is 12.8. The van der Waals surface area contributed by atoms with E-state index in [1.807, 2.05) is 6.07 Å². The van der Waals surface area contributed by atoms with Crippen LogP contribution < -0.4 is 5.32 Å². The van der Waals surface area contributed by atoms with E-state index >= 15 is 0 Å². The molecule has 3 rings (SSSR count). The van der Waals surface area contributed by atoms with Gasteiger partial charge in [0.2, 0.25) is 0 Å². The van der Waals surface area contributed by atoms with Crippen LogP contribution in [0.2, 0.25) is 0 Å². The summed E-state index contributed by atoms with van der Waals surface area (Å²) in [4.78, 5) is 10.5. The summed E-state index contributed by atoms with van der Waals surface area (Å²) >= 11 is 0. The Kier molecular flexibility index (Phi) is 2.60. The van der Waals surface area contributed by atoms with Gasteiger partial charge in [-0.2, -0.15) is 0 Å². The SMILES string of the molecule is COC1NCCC12Cc1ccc([N+](=O)[O-])cc1C2. The molecular weight excluding hydrogens is 232 g/mol. The minimum absolute atomic E-state index is 0.0592. The van der Waals surface area contributed by atoms with E-state index in [0.29, 0.717) is 0 Å². The van der Waals surface area contributed by atoms with Crippen LogP contribution in [0.5, 0.6) is 0 Å². The van der Waals surface area contributed by atoms with Crippen LogP contribution in [0.4, 0.5) is 5.69 Å².